The van der Waals surface area contributed by atoms with E-state index >= 15 is 0 Å². The summed E-state index contributed by atoms with van der Waals surface area (Å²) >= 11 is 1.44. The maximum absolute atomic E-state index is 13.0. The van der Waals surface area contributed by atoms with Gasteiger partial charge in [-0.25, -0.2) is 4.79 Å². The summed E-state index contributed by atoms with van der Waals surface area (Å²) in [4.78, 5) is 27.3. The molecule has 5 nitrogen and oxygen atoms in total. The van der Waals surface area contributed by atoms with Crippen LogP contribution in [0.1, 0.15) is 32.0 Å². The van der Waals surface area contributed by atoms with Crippen LogP contribution in [0.15, 0.2) is 70.2 Å². The zero-order valence-electron chi connectivity index (χ0n) is 16.0. The Labute approximate surface area is 168 Å². The molecule has 1 amide bonds. The van der Waals surface area contributed by atoms with Crippen molar-refractivity contribution in [1.82, 2.24) is 0 Å². The molecule has 0 atom stereocenters. The Kier molecular flexibility index (Phi) is 6.21. The van der Waals surface area contributed by atoms with Gasteiger partial charge in [-0.2, -0.15) is 0 Å². The average molecular weight is 395 g/mol. The molecule has 0 spiro atoms. The zero-order valence-corrected chi connectivity index (χ0v) is 16.8. The summed E-state index contributed by atoms with van der Waals surface area (Å²) in [5.41, 5.74) is 2.96. The molecule has 0 N–H and O–H groups in total. The Bertz CT molecular complexity index is 978. The van der Waals surface area contributed by atoms with Gasteiger partial charge in [-0.15, -0.1) is 11.8 Å². The molecule has 144 valence electrons. The molecule has 0 saturated carbocycles. The summed E-state index contributed by atoms with van der Waals surface area (Å²) in [6, 6.07) is 16.8. The van der Waals surface area contributed by atoms with Gasteiger partial charge in [0, 0.05) is 17.6 Å². The van der Waals surface area contributed by atoms with Gasteiger partial charge in [0.05, 0.1) is 24.7 Å². The van der Waals surface area contributed by atoms with Crippen LogP contribution in [0.4, 0.5) is 5.69 Å². The van der Waals surface area contributed by atoms with Gasteiger partial charge < -0.3 is 14.1 Å². The summed E-state index contributed by atoms with van der Waals surface area (Å²) in [5, 5.41) is 0. The predicted octanol–water partition coefficient (Wildman–Crippen LogP) is 4.94. The number of hydrogen-bond acceptors (Lipinski definition) is 5. The first-order valence-electron chi connectivity index (χ1n) is 8.72. The van der Waals surface area contributed by atoms with Crippen molar-refractivity contribution >= 4 is 29.3 Å². The van der Waals surface area contributed by atoms with Crippen LogP contribution in [0.3, 0.4) is 0 Å². The Morgan fingerprint density at radius 2 is 1.75 bits per heavy atom. The summed E-state index contributed by atoms with van der Waals surface area (Å²) in [5.74, 6) is 0.397. The first-order chi connectivity index (χ1) is 13.5. The zero-order chi connectivity index (χ0) is 20.1. The fraction of sp³-hybridized carbons (Fsp3) is 0.182. The lowest BCUT2D eigenvalue weighted by molar-refractivity contribution is 0.0598. The van der Waals surface area contributed by atoms with Gasteiger partial charge in [-0.3, -0.25) is 4.79 Å². The highest BCUT2D eigenvalue weighted by Gasteiger charge is 2.19. The number of furan rings is 1. The highest BCUT2D eigenvalue weighted by atomic mass is 32.2. The molecule has 3 aromatic rings. The average Bonchev–Trinajstić information content (AvgIpc) is 3.20. The van der Waals surface area contributed by atoms with Crippen LogP contribution < -0.4 is 4.90 Å². The number of nitrogens with zero attached hydrogens (tertiary/aromatic N) is 1. The minimum absolute atomic E-state index is 0.0976. The highest BCUT2D eigenvalue weighted by molar-refractivity contribution is 7.98. The first-order valence-corrected chi connectivity index (χ1v) is 9.71. The van der Waals surface area contributed by atoms with Gasteiger partial charge >= 0.3 is 5.97 Å². The predicted molar refractivity (Wildman–Crippen MR) is 110 cm³/mol. The van der Waals surface area contributed by atoms with E-state index in [1.165, 1.54) is 25.1 Å². The Balaban J connectivity index is 1.79. The molecule has 0 bridgehead atoms. The van der Waals surface area contributed by atoms with Crippen LogP contribution in [0.25, 0.3) is 0 Å². The van der Waals surface area contributed by atoms with Crippen molar-refractivity contribution < 1.29 is 18.7 Å². The van der Waals surface area contributed by atoms with Gasteiger partial charge in [-0.1, -0.05) is 29.8 Å². The number of carbonyl (C=O) groups is 2. The molecular formula is C22H21NO4S. The minimum atomic E-state index is -0.437. The lowest BCUT2D eigenvalue weighted by Crippen LogP contribution is -2.26. The largest absolute Gasteiger partial charge is 0.468 e. The van der Waals surface area contributed by atoms with E-state index in [-0.39, 0.29) is 5.91 Å². The van der Waals surface area contributed by atoms with Crippen LogP contribution in [-0.4, -0.2) is 26.0 Å². The van der Waals surface area contributed by atoms with E-state index in [4.69, 9.17) is 9.15 Å². The lowest BCUT2D eigenvalue weighted by Gasteiger charge is -2.19. The summed E-state index contributed by atoms with van der Waals surface area (Å²) in [6.07, 6.45) is 1.46. The highest BCUT2D eigenvalue weighted by Crippen LogP contribution is 2.29. The maximum atomic E-state index is 13.0. The second-order valence-electron chi connectivity index (χ2n) is 6.23. The molecule has 3 rings (SSSR count). The van der Waals surface area contributed by atoms with E-state index in [0.717, 1.165) is 16.1 Å². The SMILES string of the molecule is COC(=O)c1ccoc1CSc1ccccc1C(=O)N(C)c1ccc(C)cc1. The molecule has 2 aromatic carbocycles. The molecule has 28 heavy (non-hydrogen) atoms. The number of ether oxygens (including phenoxy) is 1. The van der Waals surface area contributed by atoms with Crippen molar-refractivity contribution in [1.29, 1.82) is 0 Å². The molecule has 0 fully saturated rings. The van der Waals surface area contributed by atoms with E-state index < -0.39 is 5.97 Å². The van der Waals surface area contributed by atoms with Crippen LogP contribution >= 0.6 is 11.8 Å². The monoisotopic (exact) mass is 395 g/mol. The topological polar surface area (TPSA) is 59.8 Å². The quantitative estimate of drug-likeness (QED) is 0.437. The van der Waals surface area contributed by atoms with E-state index in [2.05, 4.69) is 0 Å². The van der Waals surface area contributed by atoms with Crippen LogP contribution in [0, 0.1) is 6.92 Å². The molecule has 0 saturated heterocycles. The van der Waals surface area contributed by atoms with Crippen molar-refractivity contribution in [2.24, 2.45) is 0 Å². The molecular weight excluding hydrogens is 374 g/mol. The van der Waals surface area contributed by atoms with Crippen molar-refractivity contribution in [2.45, 2.75) is 17.6 Å². The molecule has 0 unspecified atom stereocenters. The summed E-state index contributed by atoms with van der Waals surface area (Å²) < 4.78 is 10.2. The molecule has 1 heterocycles. The smallest absolute Gasteiger partial charge is 0.341 e. The third-order valence-corrected chi connectivity index (χ3v) is 5.43. The fourth-order valence-electron chi connectivity index (χ4n) is 2.72. The van der Waals surface area contributed by atoms with Gasteiger partial charge in [0.1, 0.15) is 11.3 Å². The number of aryl methyl sites for hydroxylation is 1. The molecule has 1 aromatic heterocycles. The van der Waals surface area contributed by atoms with Gasteiger partial charge in [-0.05, 0) is 37.3 Å². The number of hydrogen-bond donors (Lipinski definition) is 0. The number of amides is 1. The Morgan fingerprint density at radius 1 is 1.04 bits per heavy atom. The molecule has 0 radical (unpaired) electrons. The number of esters is 1. The Morgan fingerprint density at radius 3 is 2.46 bits per heavy atom. The van der Waals surface area contributed by atoms with E-state index in [9.17, 15) is 9.59 Å². The Hall–Kier alpha value is -2.99. The number of rotatable bonds is 6. The number of benzene rings is 2. The van der Waals surface area contributed by atoms with Crippen LogP contribution in [0.5, 0.6) is 0 Å². The first kappa shape index (κ1) is 19.8. The van der Waals surface area contributed by atoms with E-state index in [0.29, 0.717) is 22.6 Å². The third kappa shape index (κ3) is 4.28. The third-order valence-electron chi connectivity index (χ3n) is 4.35. The van der Waals surface area contributed by atoms with Crippen molar-refractivity contribution in [2.75, 3.05) is 19.1 Å². The second-order valence-corrected chi connectivity index (χ2v) is 7.25. The number of anilines is 1. The maximum Gasteiger partial charge on any atom is 0.341 e. The van der Waals surface area contributed by atoms with Crippen LogP contribution in [0.2, 0.25) is 0 Å². The summed E-state index contributed by atoms with van der Waals surface area (Å²) in [7, 11) is 3.09. The normalized spacial score (nSPS) is 10.5. The summed E-state index contributed by atoms with van der Waals surface area (Å²) in [6.45, 7) is 2.01. The minimum Gasteiger partial charge on any atom is -0.468 e. The van der Waals surface area contributed by atoms with Gasteiger partial charge in [0.2, 0.25) is 0 Å². The van der Waals surface area contributed by atoms with E-state index in [1.807, 2.05) is 49.4 Å². The van der Waals surface area contributed by atoms with Crippen molar-refractivity contribution in [3.8, 4) is 0 Å². The molecule has 6 heteroatoms. The van der Waals surface area contributed by atoms with Crippen LogP contribution in [-0.2, 0) is 10.5 Å². The fourth-order valence-corrected chi connectivity index (χ4v) is 3.72. The molecule has 0 aliphatic rings. The second kappa shape index (κ2) is 8.80. The van der Waals surface area contributed by atoms with Gasteiger partial charge in [0.15, 0.2) is 0 Å². The number of methoxy groups -OCH3 is 1. The lowest BCUT2D eigenvalue weighted by atomic mass is 10.1. The molecule has 0 aliphatic heterocycles. The van der Waals surface area contributed by atoms with Crippen molar-refractivity contribution in [3.63, 3.8) is 0 Å². The molecule has 0 aliphatic carbocycles. The standard InChI is InChI=1S/C22H21NO4S/c1-15-8-10-16(11-9-15)23(2)21(24)18-6-4-5-7-20(18)28-14-19-17(12-13-27-19)22(25)26-3/h4-13H,14H2,1-3H3. The number of thioether (sulfide) groups is 1. The van der Waals surface area contributed by atoms with Gasteiger partial charge in [0.25, 0.3) is 5.91 Å². The van der Waals surface area contributed by atoms with E-state index in [1.54, 1.807) is 24.1 Å². The van der Waals surface area contributed by atoms with Crippen molar-refractivity contribution in [3.05, 3.63) is 83.3 Å². The number of carbonyl (C=O) groups excluding carboxylic acids is 2.